The standard InChI is InChI=1S/C15H20N6O4/c1-4-21-13(14(23)19(2)3)11(8-17-21)18-12(22)5-6-20-9-10(7-16-20)15(24)25/h7-9H,4-6H2,1-3H3,(H,18,22)(H,24,25). The van der Waals surface area contributed by atoms with Crippen LogP contribution in [-0.4, -0.2) is 61.4 Å². The number of nitrogens with one attached hydrogen (secondary N) is 1. The fourth-order valence-electron chi connectivity index (χ4n) is 2.18. The van der Waals surface area contributed by atoms with E-state index < -0.39 is 5.97 Å². The Morgan fingerprint density at radius 3 is 2.52 bits per heavy atom. The van der Waals surface area contributed by atoms with Crippen molar-refractivity contribution in [2.75, 3.05) is 19.4 Å². The molecule has 2 rings (SSSR count). The highest BCUT2D eigenvalue weighted by Crippen LogP contribution is 2.17. The molecule has 0 aromatic carbocycles. The van der Waals surface area contributed by atoms with Gasteiger partial charge in [0.05, 0.1) is 23.6 Å². The number of rotatable bonds is 7. The summed E-state index contributed by atoms with van der Waals surface area (Å²) in [6.45, 7) is 2.57. The highest BCUT2D eigenvalue weighted by atomic mass is 16.4. The molecule has 0 aliphatic rings. The van der Waals surface area contributed by atoms with Crippen molar-refractivity contribution in [2.45, 2.75) is 26.4 Å². The molecule has 0 unspecified atom stereocenters. The van der Waals surface area contributed by atoms with Crippen LogP contribution >= 0.6 is 0 Å². The highest BCUT2D eigenvalue weighted by molar-refractivity contribution is 6.02. The van der Waals surface area contributed by atoms with Gasteiger partial charge in [-0.3, -0.25) is 19.0 Å². The number of nitrogens with zero attached hydrogens (tertiary/aromatic N) is 5. The average Bonchev–Trinajstić information content (AvgIpc) is 3.18. The second-order valence-electron chi connectivity index (χ2n) is 5.52. The third kappa shape index (κ3) is 4.22. The number of hydrogen-bond acceptors (Lipinski definition) is 5. The van der Waals surface area contributed by atoms with Crippen molar-refractivity contribution in [2.24, 2.45) is 0 Å². The van der Waals surface area contributed by atoms with Crippen molar-refractivity contribution in [3.8, 4) is 0 Å². The molecule has 0 aliphatic carbocycles. The summed E-state index contributed by atoms with van der Waals surface area (Å²) < 4.78 is 2.90. The third-order valence-electron chi connectivity index (χ3n) is 3.47. The summed E-state index contributed by atoms with van der Waals surface area (Å²) >= 11 is 0. The maximum absolute atomic E-state index is 12.3. The van der Waals surface area contributed by atoms with E-state index in [1.54, 1.807) is 14.1 Å². The van der Waals surface area contributed by atoms with Crippen LogP contribution in [0.5, 0.6) is 0 Å². The first kappa shape index (κ1) is 18.2. The van der Waals surface area contributed by atoms with Gasteiger partial charge in [0, 0.05) is 39.8 Å². The maximum Gasteiger partial charge on any atom is 0.338 e. The van der Waals surface area contributed by atoms with Crippen LogP contribution in [0.25, 0.3) is 0 Å². The lowest BCUT2D eigenvalue weighted by Gasteiger charge is -2.13. The minimum absolute atomic E-state index is 0.0588. The van der Waals surface area contributed by atoms with E-state index in [1.807, 2.05) is 6.92 Å². The number of hydrogen-bond donors (Lipinski definition) is 2. The predicted octanol–water partition coefficient (Wildman–Crippen LogP) is 0.528. The summed E-state index contributed by atoms with van der Waals surface area (Å²) in [5, 5.41) is 19.5. The zero-order chi connectivity index (χ0) is 18.6. The molecule has 2 amide bonds. The lowest BCUT2D eigenvalue weighted by Crippen LogP contribution is -2.26. The van der Waals surface area contributed by atoms with Crippen molar-refractivity contribution >= 4 is 23.5 Å². The topological polar surface area (TPSA) is 122 Å². The van der Waals surface area contributed by atoms with Crippen molar-refractivity contribution < 1.29 is 19.5 Å². The summed E-state index contributed by atoms with van der Waals surface area (Å²) in [5.74, 6) is -1.65. The van der Waals surface area contributed by atoms with Gasteiger partial charge in [-0.2, -0.15) is 10.2 Å². The number of aryl methyl sites for hydroxylation is 2. The Morgan fingerprint density at radius 1 is 1.24 bits per heavy atom. The van der Waals surface area contributed by atoms with Crippen LogP contribution < -0.4 is 5.32 Å². The minimum atomic E-state index is -1.07. The normalized spacial score (nSPS) is 10.5. The second-order valence-corrected chi connectivity index (χ2v) is 5.52. The first-order valence-electron chi connectivity index (χ1n) is 7.66. The smallest absolute Gasteiger partial charge is 0.338 e. The molecule has 0 spiro atoms. The average molecular weight is 348 g/mol. The van der Waals surface area contributed by atoms with Crippen LogP contribution in [-0.2, 0) is 17.9 Å². The molecule has 0 bridgehead atoms. The van der Waals surface area contributed by atoms with Crippen LogP contribution in [0.4, 0.5) is 5.69 Å². The Balaban J connectivity index is 2.04. The molecule has 0 radical (unpaired) electrons. The molecule has 0 saturated heterocycles. The van der Waals surface area contributed by atoms with Crippen LogP contribution in [0.3, 0.4) is 0 Å². The summed E-state index contributed by atoms with van der Waals surface area (Å²) in [4.78, 5) is 36.6. The lowest BCUT2D eigenvalue weighted by atomic mass is 10.3. The van der Waals surface area contributed by atoms with Crippen molar-refractivity contribution in [3.05, 3.63) is 29.8 Å². The molecule has 25 heavy (non-hydrogen) atoms. The largest absolute Gasteiger partial charge is 0.478 e. The Bertz CT molecular complexity index is 792. The Labute approximate surface area is 144 Å². The Kier molecular flexibility index (Phi) is 5.52. The molecular weight excluding hydrogens is 328 g/mol. The molecule has 0 aliphatic heterocycles. The Morgan fingerprint density at radius 2 is 1.96 bits per heavy atom. The number of aromatic nitrogens is 4. The number of carbonyl (C=O) groups excluding carboxylic acids is 2. The third-order valence-corrected chi connectivity index (χ3v) is 3.47. The number of carboxylic acids is 1. The summed E-state index contributed by atoms with van der Waals surface area (Å²) in [7, 11) is 3.25. The fourth-order valence-corrected chi connectivity index (χ4v) is 2.18. The molecule has 10 nitrogen and oxygen atoms in total. The molecule has 0 atom stereocenters. The Hall–Kier alpha value is -3.17. The van der Waals surface area contributed by atoms with Crippen LogP contribution in [0, 0.1) is 0 Å². The second kappa shape index (κ2) is 7.60. The monoisotopic (exact) mass is 348 g/mol. The molecule has 134 valence electrons. The van der Waals surface area contributed by atoms with Gasteiger partial charge in [0.1, 0.15) is 5.69 Å². The highest BCUT2D eigenvalue weighted by Gasteiger charge is 2.21. The zero-order valence-electron chi connectivity index (χ0n) is 14.3. The molecule has 0 saturated carbocycles. The predicted molar refractivity (Wildman–Crippen MR) is 88.4 cm³/mol. The number of amides is 2. The first-order valence-corrected chi connectivity index (χ1v) is 7.66. The molecule has 2 N–H and O–H groups in total. The zero-order valence-corrected chi connectivity index (χ0v) is 14.3. The molecule has 0 fully saturated rings. The van der Waals surface area contributed by atoms with Gasteiger partial charge in [0.2, 0.25) is 5.91 Å². The summed E-state index contributed by atoms with van der Waals surface area (Å²) in [6.07, 6.45) is 4.09. The van der Waals surface area contributed by atoms with Crippen molar-refractivity contribution in [3.63, 3.8) is 0 Å². The van der Waals surface area contributed by atoms with Crippen molar-refractivity contribution in [1.29, 1.82) is 0 Å². The molecule has 10 heteroatoms. The SMILES string of the molecule is CCn1ncc(NC(=O)CCn2cc(C(=O)O)cn2)c1C(=O)N(C)C. The minimum Gasteiger partial charge on any atom is -0.478 e. The first-order chi connectivity index (χ1) is 11.8. The van der Waals surface area contributed by atoms with E-state index >= 15 is 0 Å². The number of anilines is 1. The number of aromatic carboxylic acids is 1. The van der Waals surface area contributed by atoms with Crippen LogP contribution in [0.1, 0.15) is 34.2 Å². The van der Waals surface area contributed by atoms with E-state index in [-0.39, 0.29) is 30.3 Å². The van der Waals surface area contributed by atoms with Crippen molar-refractivity contribution in [1.82, 2.24) is 24.5 Å². The number of carbonyl (C=O) groups is 3. The maximum atomic E-state index is 12.3. The lowest BCUT2D eigenvalue weighted by molar-refractivity contribution is -0.116. The quantitative estimate of drug-likeness (QED) is 0.752. The van der Waals surface area contributed by atoms with E-state index in [2.05, 4.69) is 15.5 Å². The van der Waals surface area contributed by atoms with Crippen LogP contribution in [0.15, 0.2) is 18.6 Å². The van der Waals surface area contributed by atoms with E-state index in [4.69, 9.17) is 5.11 Å². The van der Waals surface area contributed by atoms with E-state index in [1.165, 1.54) is 32.9 Å². The molecule has 2 heterocycles. The molecular formula is C15H20N6O4. The van der Waals surface area contributed by atoms with Gasteiger partial charge in [-0.15, -0.1) is 0 Å². The van der Waals surface area contributed by atoms with Gasteiger partial charge in [-0.25, -0.2) is 4.79 Å². The van der Waals surface area contributed by atoms with Gasteiger partial charge in [0.25, 0.3) is 5.91 Å². The summed E-state index contributed by atoms with van der Waals surface area (Å²) in [5.41, 5.74) is 0.717. The molecule has 2 aromatic heterocycles. The van der Waals surface area contributed by atoms with Crippen LogP contribution in [0.2, 0.25) is 0 Å². The fraction of sp³-hybridized carbons (Fsp3) is 0.400. The number of carboxylic acid groups (broad SMARTS) is 1. The van der Waals surface area contributed by atoms with E-state index in [0.717, 1.165) is 0 Å². The van der Waals surface area contributed by atoms with Gasteiger partial charge < -0.3 is 15.3 Å². The van der Waals surface area contributed by atoms with E-state index in [0.29, 0.717) is 17.9 Å². The van der Waals surface area contributed by atoms with Gasteiger partial charge in [-0.1, -0.05) is 0 Å². The molecule has 2 aromatic rings. The summed E-state index contributed by atoms with van der Waals surface area (Å²) in [6, 6.07) is 0. The van der Waals surface area contributed by atoms with Gasteiger partial charge in [0.15, 0.2) is 0 Å². The van der Waals surface area contributed by atoms with Gasteiger partial charge in [-0.05, 0) is 6.92 Å². The van der Waals surface area contributed by atoms with E-state index in [9.17, 15) is 14.4 Å². The van der Waals surface area contributed by atoms with Gasteiger partial charge >= 0.3 is 5.97 Å².